The topological polar surface area (TPSA) is 106 Å². The van der Waals surface area contributed by atoms with Crippen LogP contribution in [0.2, 0.25) is 0 Å². The summed E-state index contributed by atoms with van der Waals surface area (Å²) in [6, 6.07) is 1.06. The molecule has 0 bridgehead atoms. The number of rotatable bonds is 3. The summed E-state index contributed by atoms with van der Waals surface area (Å²) in [6.45, 7) is 1.49. The molecule has 1 aromatic heterocycles. The third-order valence-electron chi connectivity index (χ3n) is 2.62. The second-order valence-corrected chi connectivity index (χ2v) is 3.76. The van der Waals surface area contributed by atoms with Gasteiger partial charge < -0.3 is 14.6 Å². The molecule has 2 heterocycles. The molecule has 1 fully saturated rings. The second kappa shape index (κ2) is 4.96. The number of Topliss-reactive ketones (excluding diaryl/α,β-unsaturated/α-hetero) is 1. The van der Waals surface area contributed by atoms with Crippen LogP contribution in [0.3, 0.4) is 0 Å². The van der Waals surface area contributed by atoms with Gasteiger partial charge in [-0.1, -0.05) is 0 Å². The maximum absolute atomic E-state index is 11.8. The largest absolute Gasteiger partial charge is 0.378 e. The molecule has 1 aliphatic rings. The molecule has 18 heavy (non-hydrogen) atoms. The molecule has 0 radical (unpaired) electrons. The van der Waals surface area contributed by atoms with Crippen LogP contribution in [0.1, 0.15) is 10.5 Å². The van der Waals surface area contributed by atoms with E-state index < -0.39 is 16.6 Å². The summed E-state index contributed by atoms with van der Waals surface area (Å²) in [5, 5.41) is 10.5. The van der Waals surface area contributed by atoms with E-state index in [0.717, 1.165) is 12.3 Å². The van der Waals surface area contributed by atoms with E-state index in [1.165, 1.54) is 4.90 Å². The molecule has 8 heteroatoms. The number of H-pyrrole nitrogens is 1. The van der Waals surface area contributed by atoms with Crippen LogP contribution in [0.25, 0.3) is 0 Å². The molecule has 8 nitrogen and oxygen atoms in total. The van der Waals surface area contributed by atoms with E-state index in [-0.39, 0.29) is 11.4 Å². The zero-order chi connectivity index (χ0) is 13.1. The Balaban J connectivity index is 2.09. The molecule has 1 saturated heterocycles. The average molecular weight is 253 g/mol. The molecule has 2 rings (SSSR count). The van der Waals surface area contributed by atoms with E-state index in [1.807, 2.05) is 0 Å². The molecule has 1 amide bonds. The maximum Gasteiger partial charge on any atom is 0.296 e. The number of nitrogens with zero attached hydrogens (tertiary/aromatic N) is 2. The van der Waals surface area contributed by atoms with Gasteiger partial charge in [0.25, 0.3) is 17.4 Å². The molecule has 0 aromatic carbocycles. The van der Waals surface area contributed by atoms with Crippen LogP contribution in [-0.4, -0.2) is 52.8 Å². The van der Waals surface area contributed by atoms with Gasteiger partial charge in [-0.15, -0.1) is 0 Å². The summed E-state index contributed by atoms with van der Waals surface area (Å²) < 4.78 is 5.07. The SMILES string of the molecule is O=C(C(=O)N1CCOCC1)c1cc([N+](=O)[O-])c[nH]1. The molecule has 0 aliphatic carbocycles. The van der Waals surface area contributed by atoms with Gasteiger partial charge in [0, 0.05) is 19.2 Å². The summed E-state index contributed by atoms with van der Waals surface area (Å²) in [4.78, 5) is 37.3. The lowest BCUT2D eigenvalue weighted by Gasteiger charge is -2.25. The minimum atomic E-state index is -0.773. The summed E-state index contributed by atoms with van der Waals surface area (Å²) in [7, 11) is 0. The molecule has 0 atom stereocenters. The number of morpholine rings is 1. The molecule has 1 aliphatic heterocycles. The molecule has 0 spiro atoms. The Morgan fingerprint density at radius 3 is 2.61 bits per heavy atom. The highest BCUT2D eigenvalue weighted by atomic mass is 16.6. The Hall–Kier alpha value is -2.22. The molecule has 1 N–H and O–H groups in total. The van der Waals surface area contributed by atoms with Crippen LogP contribution < -0.4 is 0 Å². The number of carbonyl (C=O) groups is 2. The number of ketones is 1. The molecule has 1 aromatic rings. The first kappa shape index (κ1) is 12.2. The number of aromatic amines is 1. The van der Waals surface area contributed by atoms with Gasteiger partial charge in [-0.25, -0.2) is 0 Å². The Bertz CT molecular complexity index is 489. The van der Waals surface area contributed by atoms with E-state index in [1.54, 1.807) is 0 Å². The summed E-state index contributed by atoms with van der Waals surface area (Å²) in [5.41, 5.74) is -0.314. The van der Waals surface area contributed by atoms with E-state index >= 15 is 0 Å². The standard InChI is InChI=1S/C10H11N3O5/c14-9(8-5-7(6-11-8)13(16)17)10(15)12-1-3-18-4-2-12/h5-6,11H,1-4H2. The fourth-order valence-electron chi connectivity index (χ4n) is 1.64. The number of carbonyl (C=O) groups excluding carboxylic acids is 2. The highest BCUT2D eigenvalue weighted by Gasteiger charge is 2.26. The Kier molecular flexibility index (Phi) is 3.38. The second-order valence-electron chi connectivity index (χ2n) is 3.76. The highest BCUT2D eigenvalue weighted by molar-refractivity contribution is 6.42. The predicted octanol–water partition coefficient (Wildman–Crippen LogP) is -0.0356. The molecule has 0 saturated carbocycles. The zero-order valence-electron chi connectivity index (χ0n) is 9.42. The van der Waals surface area contributed by atoms with Crippen LogP contribution in [0.5, 0.6) is 0 Å². The van der Waals surface area contributed by atoms with Crippen LogP contribution in [0.4, 0.5) is 5.69 Å². The number of hydrogen-bond donors (Lipinski definition) is 1. The minimum Gasteiger partial charge on any atom is -0.378 e. The van der Waals surface area contributed by atoms with Gasteiger partial charge in [-0.2, -0.15) is 0 Å². The number of aromatic nitrogens is 1. The van der Waals surface area contributed by atoms with Crippen LogP contribution in [0, 0.1) is 10.1 Å². The first-order chi connectivity index (χ1) is 8.59. The summed E-state index contributed by atoms with van der Waals surface area (Å²) in [5.74, 6) is -1.44. The highest BCUT2D eigenvalue weighted by Crippen LogP contribution is 2.13. The monoisotopic (exact) mass is 253 g/mol. The smallest absolute Gasteiger partial charge is 0.296 e. The Morgan fingerprint density at radius 2 is 2.06 bits per heavy atom. The van der Waals surface area contributed by atoms with Gasteiger partial charge in [-0.05, 0) is 0 Å². The van der Waals surface area contributed by atoms with Crippen molar-refractivity contribution in [2.24, 2.45) is 0 Å². The lowest BCUT2D eigenvalue weighted by molar-refractivity contribution is -0.384. The lowest BCUT2D eigenvalue weighted by atomic mass is 10.2. The first-order valence-electron chi connectivity index (χ1n) is 5.34. The Labute approximate surface area is 102 Å². The fraction of sp³-hybridized carbons (Fsp3) is 0.400. The van der Waals surface area contributed by atoms with E-state index in [9.17, 15) is 19.7 Å². The predicted molar refractivity (Wildman–Crippen MR) is 59.2 cm³/mol. The minimum absolute atomic E-state index is 0.0711. The molecular weight excluding hydrogens is 242 g/mol. The van der Waals surface area contributed by atoms with Gasteiger partial charge in [0.2, 0.25) is 0 Å². The van der Waals surface area contributed by atoms with Crippen molar-refractivity contribution in [3.63, 3.8) is 0 Å². The zero-order valence-corrected chi connectivity index (χ0v) is 9.42. The maximum atomic E-state index is 11.8. The molecular formula is C10H11N3O5. The van der Waals surface area contributed by atoms with Crippen molar-refractivity contribution < 1.29 is 19.2 Å². The van der Waals surface area contributed by atoms with Gasteiger partial charge >= 0.3 is 0 Å². The first-order valence-corrected chi connectivity index (χ1v) is 5.34. The quantitative estimate of drug-likeness (QED) is 0.352. The van der Waals surface area contributed by atoms with Gasteiger partial charge in [0.1, 0.15) is 0 Å². The third-order valence-corrected chi connectivity index (χ3v) is 2.62. The van der Waals surface area contributed by atoms with E-state index in [0.29, 0.717) is 26.3 Å². The molecule has 0 unspecified atom stereocenters. The van der Waals surface area contributed by atoms with Crippen LogP contribution >= 0.6 is 0 Å². The molecule has 96 valence electrons. The third kappa shape index (κ3) is 2.38. The lowest BCUT2D eigenvalue weighted by Crippen LogP contribution is -2.44. The Morgan fingerprint density at radius 1 is 1.39 bits per heavy atom. The average Bonchev–Trinajstić information content (AvgIpc) is 2.88. The van der Waals surface area contributed by atoms with Crippen molar-refractivity contribution in [2.45, 2.75) is 0 Å². The van der Waals surface area contributed by atoms with Crippen LogP contribution in [-0.2, 0) is 9.53 Å². The van der Waals surface area contributed by atoms with Gasteiger partial charge in [-0.3, -0.25) is 19.7 Å². The summed E-state index contributed by atoms with van der Waals surface area (Å²) >= 11 is 0. The van der Waals surface area contributed by atoms with Crippen molar-refractivity contribution in [2.75, 3.05) is 26.3 Å². The van der Waals surface area contributed by atoms with E-state index in [4.69, 9.17) is 4.74 Å². The van der Waals surface area contributed by atoms with Crippen molar-refractivity contribution in [1.82, 2.24) is 9.88 Å². The van der Waals surface area contributed by atoms with Crippen LogP contribution in [0.15, 0.2) is 12.3 Å². The number of amides is 1. The van der Waals surface area contributed by atoms with Crippen molar-refractivity contribution in [3.8, 4) is 0 Å². The normalized spacial score (nSPS) is 15.4. The number of ether oxygens (including phenoxy) is 1. The number of nitrogens with one attached hydrogen (secondary N) is 1. The van der Waals surface area contributed by atoms with Gasteiger partial charge in [0.05, 0.1) is 30.0 Å². The van der Waals surface area contributed by atoms with Crippen molar-refractivity contribution >= 4 is 17.4 Å². The number of hydrogen-bond acceptors (Lipinski definition) is 5. The van der Waals surface area contributed by atoms with E-state index in [2.05, 4.69) is 4.98 Å². The van der Waals surface area contributed by atoms with Crippen molar-refractivity contribution in [1.29, 1.82) is 0 Å². The van der Waals surface area contributed by atoms with Gasteiger partial charge in [0.15, 0.2) is 0 Å². The number of nitro groups is 1. The van der Waals surface area contributed by atoms with Crippen molar-refractivity contribution in [3.05, 3.63) is 28.1 Å². The fourth-order valence-corrected chi connectivity index (χ4v) is 1.64. The summed E-state index contributed by atoms with van der Waals surface area (Å²) in [6.07, 6.45) is 1.08.